The zero-order valence-corrected chi connectivity index (χ0v) is 23.6. The highest BCUT2D eigenvalue weighted by Gasteiger charge is 2.64. The van der Waals surface area contributed by atoms with Crippen LogP contribution in [0.3, 0.4) is 0 Å². The lowest BCUT2D eigenvalue weighted by Crippen LogP contribution is -2.33. The molecule has 5 atom stereocenters. The number of nitrogens with one attached hydrogen (secondary N) is 1. The Labute approximate surface area is 241 Å². The van der Waals surface area contributed by atoms with Gasteiger partial charge in [-0.1, -0.05) is 53.2 Å². The number of carbonyl (C=O) groups is 4. The zero-order valence-electron chi connectivity index (χ0n) is 22.0. The van der Waals surface area contributed by atoms with Crippen molar-refractivity contribution in [2.75, 3.05) is 16.8 Å². The number of esters is 1. The number of imide groups is 1. The Kier molecular flexibility index (Phi) is 7.04. The maximum absolute atomic E-state index is 13.5. The summed E-state index contributed by atoms with van der Waals surface area (Å²) in [5.41, 5.74) is 3.56. The Morgan fingerprint density at radius 1 is 0.950 bits per heavy atom. The monoisotopic (exact) mass is 600 g/mol. The van der Waals surface area contributed by atoms with E-state index in [1.165, 1.54) is 22.6 Å². The smallest absolute Gasteiger partial charge is 0.338 e. The number of ether oxygens (including phenoxy) is 1. The first kappa shape index (κ1) is 26.4. The summed E-state index contributed by atoms with van der Waals surface area (Å²) >= 11 is 3.42. The van der Waals surface area contributed by atoms with Crippen molar-refractivity contribution in [2.24, 2.45) is 23.7 Å². The number of halogens is 1. The SMILES string of the molecule is CCc1cc(Br)ccc1NC(=O)COC(=O)c1ccc(N2C(=O)[C@@H]3[C@@H]4C[C@@H]([C@H]3C2=O)[C@H](c2ccccc2)C4)cc1. The van der Waals surface area contributed by atoms with Crippen LogP contribution in [0, 0.1) is 23.7 Å². The van der Waals surface area contributed by atoms with Crippen LogP contribution in [0.4, 0.5) is 11.4 Å². The zero-order chi connectivity index (χ0) is 28.0. The molecule has 3 fully saturated rings. The molecule has 0 unspecified atom stereocenters. The first-order valence-electron chi connectivity index (χ1n) is 13.6. The highest BCUT2D eigenvalue weighted by molar-refractivity contribution is 9.10. The highest BCUT2D eigenvalue weighted by Crippen LogP contribution is 2.61. The second-order valence-corrected chi connectivity index (χ2v) is 11.7. The van der Waals surface area contributed by atoms with Crippen LogP contribution in [0.2, 0.25) is 0 Å². The summed E-state index contributed by atoms with van der Waals surface area (Å²) in [5.74, 6) is -1.25. The van der Waals surface area contributed by atoms with Gasteiger partial charge in [-0.05, 0) is 90.6 Å². The number of hydrogen-bond acceptors (Lipinski definition) is 5. The van der Waals surface area contributed by atoms with Crippen molar-refractivity contribution < 1.29 is 23.9 Å². The van der Waals surface area contributed by atoms with E-state index < -0.39 is 18.5 Å². The molecule has 3 aromatic rings. The van der Waals surface area contributed by atoms with Gasteiger partial charge in [0.05, 0.1) is 23.1 Å². The molecule has 3 amide bonds. The van der Waals surface area contributed by atoms with E-state index in [4.69, 9.17) is 4.74 Å². The van der Waals surface area contributed by atoms with Crippen molar-refractivity contribution in [1.82, 2.24) is 0 Å². The van der Waals surface area contributed by atoms with Gasteiger partial charge in [0.1, 0.15) is 0 Å². The molecule has 2 aliphatic carbocycles. The lowest BCUT2D eigenvalue weighted by atomic mass is 9.73. The summed E-state index contributed by atoms with van der Waals surface area (Å²) in [6.07, 6.45) is 2.59. The van der Waals surface area contributed by atoms with Crippen molar-refractivity contribution in [3.63, 3.8) is 0 Å². The van der Waals surface area contributed by atoms with Gasteiger partial charge >= 0.3 is 5.97 Å². The van der Waals surface area contributed by atoms with Gasteiger partial charge in [-0.15, -0.1) is 0 Å². The summed E-state index contributed by atoms with van der Waals surface area (Å²) < 4.78 is 6.13. The van der Waals surface area contributed by atoms with Crippen LogP contribution in [0.25, 0.3) is 0 Å². The molecule has 1 N–H and O–H groups in total. The van der Waals surface area contributed by atoms with Crippen LogP contribution in [-0.2, 0) is 25.5 Å². The number of anilines is 2. The molecule has 40 heavy (non-hydrogen) atoms. The molecule has 0 radical (unpaired) electrons. The topological polar surface area (TPSA) is 92.8 Å². The van der Waals surface area contributed by atoms with Gasteiger partial charge in [-0.2, -0.15) is 0 Å². The molecule has 1 heterocycles. The van der Waals surface area contributed by atoms with Crippen molar-refractivity contribution >= 4 is 51.0 Å². The van der Waals surface area contributed by atoms with Gasteiger partial charge in [0.25, 0.3) is 5.91 Å². The number of fused-ring (bicyclic) bond motifs is 5. The second kappa shape index (κ2) is 10.7. The number of rotatable bonds is 7. The minimum absolute atomic E-state index is 0.139. The van der Waals surface area contributed by atoms with Crippen molar-refractivity contribution in [2.45, 2.75) is 32.1 Å². The lowest BCUT2D eigenvalue weighted by Gasteiger charge is -2.28. The van der Waals surface area contributed by atoms with Gasteiger partial charge in [-0.3, -0.25) is 19.3 Å². The molecule has 2 bridgehead atoms. The summed E-state index contributed by atoms with van der Waals surface area (Å²) in [4.78, 5) is 53.2. The van der Waals surface area contributed by atoms with E-state index in [2.05, 4.69) is 33.4 Å². The van der Waals surface area contributed by atoms with Crippen LogP contribution in [0.15, 0.2) is 77.3 Å². The highest BCUT2D eigenvalue weighted by atomic mass is 79.9. The van der Waals surface area contributed by atoms with E-state index in [1.54, 1.807) is 18.2 Å². The predicted molar refractivity (Wildman–Crippen MR) is 154 cm³/mol. The van der Waals surface area contributed by atoms with Gasteiger partial charge < -0.3 is 10.1 Å². The largest absolute Gasteiger partial charge is 0.452 e. The average Bonchev–Trinajstić information content (AvgIpc) is 3.64. The predicted octanol–water partition coefficient (Wildman–Crippen LogP) is 5.74. The fraction of sp³-hybridized carbons (Fsp3) is 0.312. The van der Waals surface area contributed by atoms with Crippen LogP contribution < -0.4 is 10.2 Å². The summed E-state index contributed by atoms with van der Waals surface area (Å²) in [5, 5.41) is 2.78. The second-order valence-electron chi connectivity index (χ2n) is 10.8. The molecule has 0 spiro atoms. The molecular weight excluding hydrogens is 572 g/mol. The van der Waals surface area contributed by atoms with Crippen molar-refractivity contribution in [3.8, 4) is 0 Å². The van der Waals surface area contributed by atoms with Crippen molar-refractivity contribution in [3.05, 3.63) is 94.0 Å². The average molecular weight is 601 g/mol. The Hall–Kier alpha value is -3.78. The Bertz CT molecular complexity index is 1490. The van der Waals surface area contributed by atoms with Gasteiger partial charge in [0, 0.05) is 10.2 Å². The third kappa shape index (κ3) is 4.64. The number of hydrogen-bond donors (Lipinski definition) is 1. The molecule has 6 rings (SSSR count). The van der Waals surface area contributed by atoms with Gasteiger partial charge in [0.15, 0.2) is 6.61 Å². The van der Waals surface area contributed by atoms with E-state index >= 15 is 0 Å². The number of benzene rings is 3. The lowest BCUT2D eigenvalue weighted by molar-refractivity contribution is -0.123. The minimum Gasteiger partial charge on any atom is -0.452 e. The van der Waals surface area contributed by atoms with Crippen LogP contribution >= 0.6 is 15.9 Å². The Morgan fingerprint density at radius 2 is 1.68 bits per heavy atom. The fourth-order valence-corrected chi connectivity index (χ4v) is 7.33. The number of aryl methyl sites for hydroxylation is 1. The Balaban J connectivity index is 1.09. The molecule has 0 aromatic heterocycles. The quantitative estimate of drug-likeness (QED) is 0.276. The molecule has 8 heteroatoms. The minimum atomic E-state index is -0.659. The first-order valence-corrected chi connectivity index (χ1v) is 14.4. The molecule has 3 aliphatic rings. The third-order valence-electron chi connectivity index (χ3n) is 8.66. The normalized spacial score (nSPS) is 24.8. The van der Waals surface area contributed by atoms with E-state index in [-0.39, 0.29) is 41.0 Å². The third-order valence-corrected chi connectivity index (χ3v) is 9.15. The molecular formula is C32H29BrN2O5. The van der Waals surface area contributed by atoms with E-state index in [0.717, 1.165) is 29.3 Å². The van der Waals surface area contributed by atoms with Gasteiger partial charge in [-0.25, -0.2) is 4.79 Å². The maximum Gasteiger partial charge on any atom is 0.338 e. The van der Waals surface area contributed by atoms with E-state index in [9.17, 15) is 19.2 Å². The molecule has 204 valence electrons. The maximum atomic E-state index is 13.5. The molecule has 7 nitrogen and oxygen atoms in total. The van der Waals surface area contributed by atoms with E-state index in [0.29, 0.717) is 17.3 Å². The van der Waals surface area contributed by atoms with Crippen LogP contribution in [-0.4, -0.2) is 30.3 Å². The van der Waals surface area contributed by atoms with E-state index in [1.807, 2.05) is 37.3 Å². The molecule has 1 aliphatic heterocycles. The summed E-state index contributed by atoms with van der Waals surface area (Å²) in [6, 6.07) is 22.1. The van der Waals surface area contributed by atoms with Crippen LogP contribution in [0.5, 0.6) is 0 Å². The molecule has 2 saturated carbocycles. The number of nitrogens with zero attached hydrogens (tertiary/aromatic N) is 1. The fourth-order valence-electron chi connectivity index (χ4n) is 6.92. The summed E-state index contributed by atoms with van der Waals surface area (Å²) in [6.45, 7) is 1.56. The number of amides is 3. The Morgan fingerprint density at radius 3 is 2.40 bits per heavy atom. The van der Waals surface area contributed by atoms with Gasteiger partial charge in [0.2, 0.25) is 11.8 Å². The number of carbonyl (C=O) groups excluding carboxylic acids is 4. The summed E-state index contributed by atoms with van der Waals surface area (Å²) in [7, 11) is 0. The standard InChI is InChI=1S/C32H29BrN2O5/c1-2-18-14-22(33)10-13-26(18)34-27(36)17-40-32(39)20-8-11-23(12-9-20)35-30(37)28-21-15-24(19-6-4-3-5-7-19)25(16-21)29(28)31(35)38/h3-14,21,24-25,28-29H,2,15-17H2,1H3,(H,34,36)/t21-,24-,25+,28+,29+/m0/s1. The molecule has 1 saturated heterocycles. The first-order chi connectivity index (χ1) is 19.4. The molecule has 3 aromatic carbocycles. The van der Waals surface area contributed by atoms with Crippen molar-refractivity contribution in [1.29, 1.82) is 0 Å². The van der Waals surface area contributed by atoms with Crippen LogP contribution in [0.1, 0.15) is 47.2 Å².